The van der Waals surface area contributed by atoms with E-state index in [2.05, 4.69) is 0 Å². The third kappa shape index (κ3) is 3.28. The first-order chi connectivity index (χ1) is 13.2. The number of nitrogens with zero attached hydrogens (tertiary/aromatic N) is 1. The summed E-state index contributed by atoms with van der Waals surface area (Å²) in [5, 5.41) is 0. The molecule has 0 bridgehead atoms. The minimum atomic E-state index is -8.00. The maximum absolute atomic E-state index is 13.9. The molecule has 0 aromatic rings. The van der Waals surface area contributed by atoms with Crippen LogP contribution < -0.4 is 4.90 Å². The first-order valence-corrected chi connectivity index (χ1v) is 8.33. The van der Waals surface area contributed by atoms with E-state index in [1.807, 2.05) is 0 Å². The number of hydrogen-bond acceptors (Lipinski definition) is 1. The minimum absolute atomic E-state index is 0.0104. The number of rotatable bonds is 5. The molecule has 1 amide bonds. The van der Waals surface area contributed by atoms with Crippen molar-refractivity contribution in [3.8, 4) is 0 Å². The van der Waals surface area contributed by atoms with E-state index >= 15 is 0 Å². The topological polar surface area (TPSA) is 24.8 Å². The Hall–Kier alpha value is -1.48. The molecule has 30 heavy (non-hydrogen) atoms. The summed E-state index contributed by atoms with van der Waals surface area (Å²) in [7, 11) is 0. The lowest BCUT2D eigenvalue weighted by molar-refractivity contribution is -0.916. The quantitative estimate of drug-likeness (QED) is 0.611. The number of nitrogens with one attached hydrogen (secondary N) is 1. The molecule has 1 N–H and O–H groups in total. The summed E-state index contributed by atoms with van der Waals surface area (Å²) < 4.78 is 171. The molecule has 2 saturated heterocycles. The molecule has 0 aromatic carbocycles. The molecule has 0 radical (unpaired) electrons. The number of halogens is 13. The Morgan fingerprint density at radius 3 is 1.73 bits per heavy atom. The van der Waals surface area contributed by atoms with E-state index < -0.39 is 60.8 Å². The maximum atomic E-state index is 13.9. The molecule has 2 aliphatic rings. The second-order valence-electron chi connectivity index (χ2n) is 7.12. The summed E-state index contributed by atoms with van der Waals surface area (Å²) in [6, 6.07) is -0.524. The Morgan fingerprint density at radius 1 is 0.733 bits per heavy atom. The average Bonchev–Trinajstić information content (AvgIpc) is 3.06. The Kier molecular flexibility index (Phi) is 5.80. The van der Waals surface area contributed by atoms with Crippen molar-refractivity contribution in [2.24, 2.45) is 0 Å². The van der Waals surface area contributed by atoms with Crippen molar-refractivity contribution in [1.29, 1.82) is 0 Å². The number of hydrogen-bond donors (Lipinski definition) is 1. The van der Waals surface area contributed by atoms with E-state index in [1.54, 1.807) is 0 Å². The lowest BCUT2D eigenvalue weighted by Crippen LogP contribution is -3.16. The Bertz CT molecular complexity index is 675. The number of carbonyl (C=O) groups excluding carboxylic acids is 1. The molecule has 2 heterocycles. The van der Waals surface area contributed by atoms with Crippen LogP contribution in [0.3, 0.4) is 0 Å². The third-order valence-electron chi connectivity index (χ3n) is 5.26. The van der Waals surface area contributed by atoms with Crippen molar-refractivity contribution < 1.29 is 66.8 Å². The van der Waals surface area contributed by atoms with Crippen LogP contribution in [0.4, 0.5) is 57.1 Å². The van der Waals surface area contributed by atoms with Crippen molar-refractivity contribution >= 4 is 5.91 Å². The molecule has 0 aliphatic carbocycles. The highest BCUT2D eigenvalue weighted by atomic mass is 19.4. The zero-order valence-electron chi connectivity index (χ0n) is 14.6. The minimum Gasteiger partial charge on any atom is -0.330 e. The first-order valence-electron chi connectivity index (χ1n) is 8.33. The van der Waals surface area contributed by atoms with Crippen LogP contribution in [-0.2, 0) is 4.79 Å². The standard InChI is InChI=1S/C14H13F13N2O/c15-9(16,8(30)29-5-4-28-3-1-2-7(28)6-29)10(17,18)11(19,20)12(21,22)13(23,24)14(25,26)27/h7H,1-6H2/p+1/t7-/m1/s1. The third-order valence-corrected chi connectivity index (χ3v) is 5.26. The molecule has 16 heteroatoms. The number of alkyl halides is 13. The fourth-order valence-electron chi connectivity index (χ4n) is 3.46. The molecule has 2 fully saturated rings. The van der Waals surface area contributed by atoms with Crippen LogP contribution >= 0.6 is 0 Å². The highest BCUT2D eigenvalue weighted by Crippen LogP contribution is 2.60. The van der Waals surface area contributed by atoms with Crippen molar-refractivity contribution in [3.63, 3.8) is 0 Å². The van der Waals surface area contributed by atoms with E-state index in [0.717, 1.165) is 4.90 Å². The van der Waals surface area contributed by atoms with Gasteiger partial charge in [-0.3, -0.25) is 4.79 Å². The summed E-state index contributed by atoms with van der Waals surface area (Å²) >= 11 is 0. The van der Waals surface area contributed by atoms with Gasteiger partial charge < -0.3 is 9.80 Å². The monoisotopic (exact) mass is 473 g/mol. The molecule has 1 unspecified atom stereocenters. The van der Waals surface area contributed by atoms with Gasteiger partial charge in [0, 0.05) is 12.8 Å². The molecule has 2 aliphatic heterocycles. The van der Waals surface area contributed by atoms with Crippen molar-refractivity contribution in [2.75, 3.05) is 26.2 Å². The zero-order valence-corrected chi connectivity index (χ0v) is 14.6. The Labute approximate surface area is 159 Å². The highest BCUT2D eigenvalue weighted by Gasteiger charge is 2.91. The van der Waals surface area contributed by atoms with Crippen LogP contribution in [0.25, 0.3) is 0 Å². The summed E-state index contributed by atoms with van der Waals surface area (Å²) in [5.74, 6) is -41.1. The van der Waals surface area contributed by atoms with Gasteiger partial charge in [-0.25, -0.2) is 0 Å². The van der Waals surface area contributed by atoms with Crippen molar-refractivity contribution in [1.82, 2.24) is 4.90 Å². The van der Waals surface area contributed by atoms with Gasteiger partial charge in [0.2, 0.25) is 0 Å². The summed E-state index contributed by atoms with van der Waals surface area (Å²) in [4.78, 5) is 12.6. The van der Waals surface area contributed by atoms with E-state index in [4.69, 9.17) is 0 Å². The Balaban J connectivity index is 2.37. The SMILES string of the molecule is O=C(N1CC[NH+]2CCC[C@@H]2C1)C(F)(F)C(F)(F)C(F)(F)C(F)(F)C(F)(F)C(F)(F)F. The lowest BCUT2D eigenvalue weighted by atomic mass is 9.93. The van der Waals surface area contributed by atoms with Crippen molar-refractivity contribution in [2.45, 2.75) is 54.7 Å². The predicted octanol–water partition coefficient (Wildman–Crippen LogP) is 2.61. The smallest absolute Gasteiger partial charge is 0.330 e. The fraction of sp³-hybridized carbons (Fsp3) is 0.929. The largest absolute Gasteiger partial charge is 0.460 e. The molecule has 0 aromatic heterocycles. The molecular weight excluding hydrogens is 459 g/mol. The number of piperazine rings is 1. The van der Waals surface area contributed by atoms with Crippen LogP contribution in [0.5, 0.6) is 0 Å². The number of quaternary nitrogens is 1. The fourth-order valence-corrected chi connectivity index (χ4v) is 3.46. The zero-order chi connectivity index (χ0) is 23.6. The first kappa shape index (κ1) is 24.8. The molecule has 3 nitrogen and oxygen atoms in total. The second kappa shape index (κ2) is 7.02. The molecule has 0 spiro atoms. The Morgan fingerprint density at radius 2 is 1.23 bits per heavy atom. The van der Waals surface area contributed by atoms with Crippen molar-refractivity contribution in [3.05, 3.63) is 0 Å². The normalized spacial score (nSPS) is 24.8. The van der Waals surface area contributed by atoms with Gasteiger partial charge in [-0.05, 0) is 0 Å². The number of carbonyl (C=O) groups is 1. The summed E-state index contributed by atoms with van der Waals surface area (Å²) in [6.07, 6.45) is -6.55. The van der Waals surface area contributed by atoms with E-state index in [-0.39, 0.29) is 11.4 Å². The molecule has 176 valence electrons. The molecule has 2 atom stereocenters. The average molecular weight is 473 g/mol. The molecule has 0 saturated carbocycles. The van der Waals surface area contributed by atoms with Crippen LogP contribution in [0.15, 0.2) is 0 Å². The predicted molar refractivity (Wildman–Crippen MR) is 71.1 cm³/mol. The van der Waals surface area contributed by atoms with Gasteiger partial charge in [0.05, 0.1) is 26.2 Å². The van der Waals surface area contributed by atoms with E-state index in [1.165, 1.54) is 0 Å². The maximum Gasteiger partial charge on any atom is 0.460 e. The van der Waals surface area contributed by atoms with Gasteiger partial charge in [-0.1, -0.05) is 0 Å². The molecular formula is C14H14F13N2O+. The van der Waals surface area contributed by atoms with Gasteiger partial charge in [0.25, 0.3) is 5.91 Å². The van der Waals surface area contributed by atoms with Crippen LogP contribution in [-0.4, -0.2) is 78.8 Å². The van der Waals surface area contributed by atoms with Crippen LogP contribution in [0.1, 0.15) is 12.8 Å². The van der Waals surface area contributed by atoms with Gasteiger partial charge >= 0.3 is 35.8 Å². The van der Waals surface area contributed by atoms with Gasteiger partial charge in [-0.2, -0.15) is 57.1 Å². The highest BCUT2D eigenvalue weighted by molar-refractivity contribution is 5.85. The van der Waals surface area contributed by atoms with Gasteiger partial charge in [0.15, 0.2) is 0 Å². The van der Waals surface area contributed by atoms with E-state index in [0.29, 0.717) is 19.4 Å². The summed E-state index contributed by atoms with van der Waals surface area (Å²) in [6.45, 7) is -0.787. The van der Waals surface area contributed by atoms with Gasteiger partial charge in [-0.15, -0.1) is 0 Å². The van der Waals surface area contributed by atoms with Crippen LogP contribution in [0.2, 0.25) is 0 Å². The number of fused-ring (bicyclic) bond motifs is 1. The van der Waals surface area contributed by atoms with Gasteiger partial charge in [0.1, 0.15) is 6.04 Å². The van der Waals surface area contributed by atoms with Crippen LogP contribution in [0, 0.1) is 0 Å². The number of amides is 1. The molecule has 2 rings (SSSR count). The second-order valence-corrected chi connectivity index (χ2v) is 7.12. The lowest BCUT2D eigenvalue weighted by Gasteiger charge is -2.41. The summed E-state index contributed by atoms with van der Waals surface area (Å²) in [5.41, 5.74) is 0. The van der Waals surface area contributed by atoms with E-state index in [9.17, 15) is 61.9 Å².